The van der Waals surface area contributed by atoms with Gasteiger partial charge in [-0.25, -0.2) is 0 Å². The Morgan fingerprint density at radius 2 is 2.36 bits per heavy atom. The van der Waals surface area contributed by atoms with Crippen LogP contribution >= 0.6 is 0 Å². The van der Waals surface area contributed by atoms with Crippen LogP contribution in [0.2, 0.25) is 0 Å². The van der Waals surface area contributed by atoms with Gasteiger partial charge in [0.2, 0.25) is 0 Å². The lowest BCUT2D eigenvalue weighted by Crippen LogP contribution is -2.37. The summed E-state index contributed by atoms with van der Waals surface area (Å²) in [6.07, 6.45) is 0.971. The number of rotatable bonds is 2. The molecule has 2 heteroatoms. The largest absolute Gasteiger partial charge is 0.316 e. The van der Waals surface area contributed by atoms with Crippen molar-refractivity contribution in [1.29, 1.82) is 0 Å². The molecule has 0 spiro atoms. The first kappa shape index (κ1) is 8.72. The third kappa shape index (κ3) is 2.29. The molecule has 0 aliphatic carbocycles. The van der Waals surface area contributed by atoms with E-state index in [0.29, 0.717) is 5.92 Å². The lowest BCUT2D eigenvalue weighted by Gasteiger charge is -2.28. The highest BCUT2D eigenvalue weighted by atomic mass is 19.1. The normalized spacial score (nSPS) is 31.8. The summed E-state index contributed by atoms with van der Waals surface area (Å²) in [5, 5.41) is 3.22. The molecule has 1 aliphatic rings. The van der Waals surface area contributed by atoms with Gasteiger partial charge in [0, 0.05) is 19.0 Å². The molecular weight excluding hydrogens is 141 g/mol. The Morgan fingerprint density at radius 3 is 2.91 bits per heavy atom. The van der Waals surface area contributed by atoms with Gasteiger partial charge in [-0.1, -0.05) is 12.2 Å². The third-order valence-corrected chi connectivity index (χ3v) is 2.36. The van der Waals surface area contributed by atoms with Gasteiger partial charge >= 0.3 is 0 Å². The molecule has 0 bridgehead atoms. The lowest BCUT2D eigenvalue weighted by molar-refractivity contribution is 0.258. The fraction of sp³-hybridized carbons (Fsp3) is 0.778. The summed E-state index contributed by atoms with van der Waals surface area (Å²) in [4.78, 5) is 0. The summed E-state index contributed by atoms with van der Waals surface area (Å²) in [5.41, 5.74) is 1.18. The topological polar surface area (TPSA) is 12.0 Å². The van der Waals surface area contributed by atoms with Crippen LogP contribution in [0.3, 0.4) is 0 Å². The Hall–Kier alpha value is -0.370. The predicted octanol–water partition coefficient (Wildman–Crippen LogP) is 1.76. The highest BCUT2D eigenvalue weighted by Gasteiger charge is 2.21. The first-order valence-electron chi connectivity index (χ1n) is 4.16. The van der Waals surface area contributed by atoms with Gasteiger partial charge in [0.25, 0.3) is 0 Å². The van der Waals surface area contributed by atoms with Gasteiger partial charge in [-0.15, -0.1) is 0 Å². The van der Waals surface area contributed by atoms with Crippen LogP contribution < -0.4 is 5.32 Å². The molecule has 0 radical (unpaired) electrons. The maximum Gasteiger partial charge on any atom is 0.0934 e. The molecular formula is C9H16FN. The minimum absolute atomic E-state index is 0.198. The highest BCUT2D eigenvalue weighted by Crippen LogP contribution is 2.21. The van der Waals surface area contributed by atoms with E-state index in [1.165, 1.54) is 5.57 Å². The number of nitrogens with one attached hydrogen (secondary N) is 1. The molecule has 1 N–H and O–H groups in total. The molecule has 1 unspecified atom stereocenters. The molecule has 1 nitrogen and oxygen atoms in total. The first-order chi connectivity index (χ1) is 5.24. The highest BCUT2D eigenvalue weighted by molar-refractivity contribution is 4.99. The van der Waals surface area contributed by atoms with Crippen molar-refractivity contribution < 1.29 is 4.39 Å². The van der Waals surface area contributed by atoms with Gasteiger partial charge in [-0.2, -0.15) is 0 Å². The predicted molar refractivity (Wildman–Crippen MR) is 45.3 cm³/mol. The van der Waals surface area contributed by atoms with E-state index in [1.807, 2.05) is 6.92 Å². The summed E-state index contributed by atoms with van der Waals surface area (Å²) < 4.78 is 12.2. The van der Waals surface area contributed by atoms with Crippen LogP contribution in [0.25, 0.3) is 0 Å². The smallest absolute Gasteiger partial charge is 0.0934 e. The maximum atomic E-state index is 12.2. The van der Waals surface area contributed by atoms with E-state index >= 15 is 0 Å². The maximum absolute atomic E-state index is 12.2. The van der Waals surface area contributed by atoms with Crippen molar-refractivity contribution >= 4 is 0 Å². The zero-order chi connectivity index (χ0) is 8.27. The van der Waals surface area contributed by atoms with Crippen molar-refractivity contribution in [3.63, 3.8) is 0 Å². The van der Waals surface area contributed by atoms with Crippen LogP contribution in [-0.2, 0) is 0 Å². The zero-order valence-corrected chi connectivity index (χ0v) is 7.07. The molecule has 1 heterocycles. The second-order valence-corrected chi connectivity index (χ2v) is 3.46. The van der Waals surface area contributed by atoms with Gasteiger partial charge in [0.1, 0.15) is 0 Å². The molecule has 0 amide bonds. The minimum atomic E-state index is -0.198. The number of hydrogen-bond donors (Lipinski definition) is 1. The summed E-state index contributed by atoms with van der Waals surface area (Å²) in [6.45, 7) is 7.52. The molecule has 2 atom stereocenters. The van der Waals surface area contributed by atoms with Crippen LogP contribution in [0.15, 0.2) is 12.2 Å². The van der Waals surface area contributed by atoms with E-state index in [4.69, 9.17) is 0 Å². The van der Waals surface area contributed by atoms with Crippen LogP contribution in [0.4, 0.5) is 4.39 Å². The van der Waals surface area contributed by atoms with Crippen molar-refractivity contribution in [1.82, 2.24) is 5.32 Å². The molecule has 1 rings (SSSR count). The van der Waals surface area contributed by atoms with E-state index in [9.17, 15) is 4.39 Å². The molecule has 0 aromatic heterocycles. The van der Waals surface area contributed by atoms with Gasteiger partial charge in [0.05, 0.1) is 6.67 Å². The van der Waals surface area contributed by atoms with E-state index in [-0.39, 0.29) is 12.6 Å². The molecule has 64 valence electrons. The number of halogens is 1. The molecule has 1 aliphatic heterocycles. The van der Waals surface area contributed by atoms with Crippen LogP contribution in [0.1, 0.15) is 13.3 Å². The van der Waals surface area contributed by atoms with E-state index in [2.05, 4.69) is 11.9 Å². The molecule has 1 fully saturated rings. The molecule has 0 saturated carbocycles. The number of alkyl halides is 1. The van der Waals surface area contributed by atoms with Crippen molar-refractivity contribution in [2.45, 2.75) is 13.3 Å². The number of hydrogen-bond acceptors (Lipinski definition) is 1. The van der Waals surface area contributed by atoms with Crippen molar-refractivity contribution in [3.05, 3.63) is 12.2 Å². The average Bonchev–Trinajstić information content (AvgIpc) is 2.05. The van der Waals surface area contributed by atoms with Crippen LogP contribution in [-0.4, -0.2) is 19.8 Å². The average molecular weight is 157 g/mol. The van der Waals surface area contributed by atoms with Gasteiger partial charge in [0.15, 0.2) is 0 Å². The van der Waals surface area contributed by atoms with E-state index in [1.54, 1.807) is 0 Å². The Balaban J connectivity index is 2.39. The second kappa shape index (κ2) is 3.86. The van der Waals surface area contributed by atoms with E-state index < -0.39 is 0 Å². The summed E-state index contributed by atoms with van der Waals surface area (Å²) in [6, 6.07) is 0. The first-order valence-corrected chi connectivity index (χ1v) is 4.16. The fourth-order valence-electron chi connectivity index (χ4n) is 1.52. The van der Waals surface area contributed by atoms with Crippen molar-refractivity contribution in [2.75, 3.05) is 19.8 Å². The zero-order valence-electron chi connectivity index (χ0n) is 7.07. The number of piperidine rings is 1. The fourth-order valence-corrected chi connectivity index (χ4v) is 1.52. The van der Waals surface area contributed by atoms with Gasteiger partial charge in [-0.3, -0.25) is 4.39 Å². The van der Waals surface area contributed by atoms with Crippen molar-refractivity contribution in [2.24, 2.45) is 11.8 Å². The Labute approximate surface area is 67.7 Å². The Bertz CT molecular complexity index is 144. The van der Waals surface area contributed by atoms with Crippen LogP contribution in [0, 0.1) is 11.8 Å². The Kier molecular flexibility index (Phi) is 3.06. The van der Waals surface area contributed by atoms with Gasteiger partial charge in [-0.05, 0) is 19.3 Å². The quantitative estimate of drug-likeness (QED) is 0.602. The summed E-state index contributed by atoms with van der Waals surface area (Å²) >= 11 is 0. The molecule has 1 saturated heterocycles. The monoisotopic (exact) mass is 157 g/mol. The molecule has 0 aromatic rings. The lowest BCUT2D eigenvalue weighted by atomic mass is 9.87. The summed E-state index contributed by atoms with van der Waals surface area (Å²) in [7, 11) is 0. The van der Waals surface area contributed by atoms with Crippen molar-refractivity contribution in [3.8, 4) is 0 Å². The molecule has 0 aromatic carbocycles. The third-order valence-electron chi connectivity index (χ3n) is 2.36. The van der Waals surface area contributed by atoms with Gasteiger partial charge < -0.3 is 5.32 Å². The standard InChI is InChI=1S/C9H16FN/c1-7(2)9-3-8(4-10)5-11-6-9/h8-9,11H,1,3-6H2,2H3/t8-,9?/m1/s1. The van der Waals surface area contributed by atoms with Crippen LogP contribution in [0.5, 0.6) is 0 Å². The molecule has 11 heavy (non-hydrogen) atoms. The summed E-state index contributed by atoms with van der Waals surface area (Å²) in [5.74, 6) is 0.704. The Morgan fingerprint density at radius 1 is 1.64 bits per heavy atom. The van der Waals surface area contributed by atoms with E-state index in [0.717, 1.165) is 19.5 Å². The minimum Gasteiger partial charge on any atom is -0.316 e. The second-order valence-electron chi connectivity index (χ2n) is 3.46. The SMILES string of the molecule is C=C(C)C1CNC[C@@H](CF)C1.